The number of amides is 2. The van der Waals surface area contributed by atoms with Crippen LogP contribution in [0.4, 0.5) is 0 Å². The molecular formula is C11H18N2O2. The second kappa shape index (κ2) is 3.93. The van der Waals surface area contributed by atoms with Crippen LogP contribution >= 0.6 is 0 Å². The standard InChI is InChI=1S/C11H18N2O2/c1-7(12-2)4-3-5-13-10(14)8-6-9(8)11(13)15/h7-9,12H,3-6H2,1-2H3. The number of carbonyl (C=O) groups excluding carboxylic acids is 2. The van der Waals surface area contributed by atoms with Crippen molar-refractivity contribution in [3.05, 3.63) is 0 Å². The minimum Gasteiger partial charge on any atom is -0.317 e. The fourth-order valence-corrected chi connectivity index (χ4v) is 2.17. The Morgan fingerprint density at radius 1 is 1.40 bits per heavy atom. The smallest absolute Gasteiger partial charge is 0.233 e. The molecule has 3 atom stereocenters. The Hall–Kier alpha value is -0.900. The van der Waals surface area contributed by atoms with Crippen LogP contribution in [0.25, 0.3) is 0 Å². The summed E-state index contributed by atoms with van der Waals surface area (Å²) in [5.41, 5.74) is 0. The molecule has 0 radical (unpaired) electrons. The lowest BCUT2D eigenvalue weighted by atomic mass is 10.2. The summed E-state index contributed by atoms with van der Waals surface area (Å²) in [6.45, 7) is 2.71. The SMILES string of the molecule is CNC(C)CCCN1C(=O)C2CC2C1=O. The van der Waals surface area contributed by atoms with Gasteiger partial charge in [0.15, 0.2) is 0 Å². The third-order valence-electron chi connectivity index (χ3n) is 3.47. The molecule has 1 aliphatic heterocycles. The molecule has 1 aliphatic carbocycles. The summed E-state index contributed by atoms with van der Waals surface area (Å²) in [4.78, 5) is 24.6. The number of hydrogen-bond acceptors (Lipinski definition) is 3. The number of fused-ring (bicyclic) bond motifs is 1. The molecule has 15 heavy (non-hydrogen) atoms. The van der Waals surface area contributed by atoms with Gasteiger partial charge in [0.1, 0.15) is 0 Å². The first-order chi connectivity index (χ1) is 7.15. The number of nitrogens with zero attached hydrogens (tertiary/aromatic N) is 1. The molecule has 4 heteroatoms. The van der Waals surface area contributed by atoms with Crippen LogP contribution in [-0.4, -0.2) is 36.3 Å². The third-order valence-corrected chi connectivity index (χ3v) is 3.47. The fraction of sp³-hybridized carbons (Fsp3) is 0.818. The molecule has 2 rings (SSSR count). The highest BCUT2D eigenvalue weighted by Crippen LogP contribution is 2.46. The first-order valence-electron chi connectivity index (χ1n) is 5.67. The third kappa shape index (κ3) is 1.91. The molecule has 2 aliphatic rings. The maximum Gasteiger partial charge on any atom is 0.233 e. The van der Waals surface area contributed by atoms with Gasteiger partial charge in [0.2, 0.25) is 11.8 Å². The second-order valence-electron chi connectivity index (χ2n) is 4.61. The van der Waals surface area contributed by atoms with E-state index in [1.54, 1.807) is 0 Å². The van der Waals surface area contributed by atoms with Gasteiger partial charge < -0.3 is 5.32 Å². The first-order valence-corrected chi connectivity index (χ1v) is 5.67. The first kappa shape index (κ1) is 10.6. The van der Waals surface area contributed by atoms with Gasteiger partial charge in [0, 0.05) is 12.6 Å². The highest BCUT2D eigenvalue weighted by molar-refractivity contribution is 6.08. The molecule has 0 aromatic heterocycles. The van der Waals surface area contributed by atoms with Crippen LogP contribution in [0.1, 0.15) is 26.2 Å². The molecule has 0 bridgehead atoms. The summed E-state index contributed by atoms with van der Waals surface area (Å²) in [5, 5.41) is 3.14. The fourth-order valence-electron chi connectivity index (χ4n) is 2.17. The van der Waals surface area contributed by atoms with Gasteiger partial charge in [0.25, 0.3) is 0 Å². The van der Waals surface area contributed by atoms with Crippen molar-refractivity contribution in [2.45, 2.75) is 32.2 Å². The Morgan fingerprint density at radius 3 is 2.53 bits per heavy atom. The van der Waals surface area contributed by atoms with Gasteiger partial charge in [-0.3, -0.25) is 14.5 Å². The van der Waals surface area contributed by atoms with E-state index in [4.69, 9.17) is 0 Å². The number of hydrogen-bond donors (Lipinski definition) is 1. The normalized spacial score (nSPS) is 30.7. The monoisotopic (exact) mass is 210 g/mol. The van der Waals surface area contributed by atoms with Crippen molar-refractivity contribution in [1.29, 1.82) is 0 Å². The van der Waals surface area contributed by atoms with Crippen LogP contribution in [0.3, 0.4) is 0 Å². The number of rotatable bonds is 5. The van der Waals surface area contributed by atoms with Crippen molar-refractivity contribution in [3.63, 3.8) is 0 Å². The van der Waals surface area contributed by atoms with Crippen molar-refractivity contribution in [2.75, 3.05) is 13.6 Å². The molecule has 1 saturated heterocycles. The molecule has 0 spiro atoms. The average molecular weight is 210 g/mol. The Kier molecular flexibility index (Phi) is 2.78. The number of likely N-dealkylation sites (tertiary alicyclic amines) is 1. The predicted octanol–water partition coefficient (Wildman–Crippen LogP) is 0.379. The van der Waals surface area contributed by atoms with E-state index in [0.717, 1.165) is 19.3 Å². The quantitative estimate of drug-likeness (QED) is 0.667. The van der Waals surface area contributed by atoms with Gasteiger partial charge >= 0.3 is 0 Å². The highest BCUT2D eigenvalue weighted by Gasteiger charge is 2.58. The van der Waals surface area contributed by atoms with E-state index in [0.29, 0.717) is 12.6 Å². The van der Waals surface area contributed by atoms with Crippen molar-refractivity contribution in [2.24, 2.45) is 11.8 Å². The summed E-state index contributed by atoms with van der Waals surface area (Å²) >= 11 is 0. The molecule has 84 valence electrons. The van der Waals surface area contributed by atoms with Gasteiger partial charge in [-0.05, 0) is 33.2 Å². The molecule has 2 fully saturated rings. The zero-order valence-corrected chi connectivity index (χ0v) is 9.32. The minimum absolute atomic E-state index is 0.0548. The minimum atomic E-state index is 0.0548. The van der Waals surface area contributed by atoms with Gasteiger partial charge in [0.05, 0.1) is 11.8 Å². The lowest BCUT2D eigenvalue weighted by Crippen LogP contribution is -2.34. The number of nitrogens with one attached hydrogen (secondary N) is 1. The highest BCUT2D eigenvalue weighted by atomic mass is 16.2. The van der Waals surface area contributed by atoms with E-state index in [1.807, 2.05) is 7.05 Å². The van der Waals surface area contributed by atoms with Gasteiger partial charge in [-0.2, -0.15) is 0 Å². The molecule has 2 amide bonds. The van der Waals surface area contributed by atoms with Gasteiger partial charge in [-0.25, -0.2) is 0 Å². The zero-order valence-electron chi connectivity index (χ0n) is 9.32. The summed E-state index contributed by atoms with van der Waals surface area (Å²) in [6.07, 6.45) is 2.71. The van der Waals surface area contributed by atoms with Crippen molar-refractivity contribution in [1.82, 2.24) is 10.2 Å². The summed E-state index contributed by atoms with van der Waals surface area (Å²) in [7, 11) is 1.92. The van der Waals surface area contributed by atoms with Crippen LogP contribution in [0.5, 0.6) is 0 Å². The van der Waals surface area contributed by atoms with E-state index in [2.05, 4.69) is 12.2 Å². The van der Waals surface area contributed by atoms with Crippen molar-refractivity contribution in [3.8, 4) is 0 Å². The van der Waals surface area contributed by atoms with E-state index in [1.165, 1.54) is 4.90 Å². The van der Waals surface area contributed by atoms with E-state index in [-0.39, 0.29) is 23.7 Å². The van der Waals surface area contributed by atoms with Crippen LogP contribution in [-0.2, 0) is 9.59 Å². The van der Waals surface area contributed by atoms with Gasteiger partial charge in [-0.15, -0.1) is 0 Å². The molecular weight excluding hydrogens is 192 g/mol. The molecule has 1 saturated carbocycles. The molecule has 4 nitrogen and oxygen atoms in total. The van der Waals surface area contributed by atoms with E-state index >= 15 is 0 Å². The molecule has 1 heterocycles. The molecule has 0 aromatic carbocycles. The Balaban J connectivity index is 1.76. The van der Waals surface area contributed by atoms with Gasteiger partial charge in [-0.1, -0.05) is 0 Å². The molecule has 3 unspecified atom stereocenters. The lowest BCUT2D eigenvalue weighted by molar-refractivity contribution is -0.141. The predicted molar refractivity (Wildman–Crippen MR) is 56.1 cm³/mol. The summed E-state index contributed by atoms with van der Waals surface area (Å²) in [5.74, 6) is 0.252. The van der Waals surface area contributed by atoms with E-state index < -0.39 is 0 Å². The molecule has 0 aromatic rings. The largest absolute Gasteiger partial charge is 0.317 e. The lowest BCUT2D eigenvalue weighted by Gasteiger charge is -2.17. The summed E-state index contributed by atoms with van der Waals surface area (Å²) in [6, 6.07) is 0.451. The number of piperidine rings is 1. The topological polar surface area (TPSA) is 49.4 Å². The maximum atomic E-state index is 11.6. The number of imide groups is 1. The zero-order chi connectivity index (χ0) is 11.0. The Bertz CT molecular complexity index is 270. The Labute approximate surface area is 90.0 Å². The summed E-state index contributed by atoms with van der Waals surface area (Å²) < 4.78 is 0. The Morgan fingerprint density at radius 2 is 2.00 bits per heavy atom. The number of carbonyl (C=O) groups is 2. The molecule has 1 N–H and O–H groups in total. The van der Waals surface area contributed by atoms with Crippen LogP contribution in [0, 0.1) is 11.8 Å². The van der Waals surface area contributed by atoms with Crippen LogP contribution in [0.15, 0.2) is 0 Å². The van der Waals surface area contributed by atoms with Crippen LogP contribution < -0.4 is 5.32 Å². The van der Waals surface area contributed by atoms with Crippen molar-refractivity contribution >= 4 is 11.8 Å². The maximum absolute atomic E-state index is 11.6. The van der Waals surface area contributed by atoms with Crippen molar-refractivity contribution < 1.29 is 9.59 Å². The average Bonchev–Trinajstić information content (AvgIpc) is 2.97. The second-order valence-corrected chi connectivity index (χ2v) is 4.61. The van der Waals surface area contributed by atoms with Crippen LogP contribution in [0.2, 0.25) is 0 Å². The van der Waals surface area contributed by atoms with E-state index in [9.17, 15) is 9.59 Å².